The Hall–Kier alpha value is -3.32. The Bertz CT molecular complexity index is 1160. The van der Waals surface area contributed by atoms with E-state index in [9.17, 15) is 4.79 Å². The van der Waals surface area contributed by atoms with Crippen molar-refractivity contribution >= 4 is 28.4 Å². The number of benzene rings is 2. The average Bonchev–Trinajstić information content (AvgIpc) is 3.22. The predicted octanol–water partition coefficient (Wildman–Crippen LogP) is 3.75. The van der Waals surface area contributed by atoms with Crippen LogP contribution >= 0.6 is 11.6 Å². The lowest BCUT2D eigenvalue weighted by molar-refractivity contribution is 0.100. The standard InChI is InChI=1S/C19H15ClN4O3/c1-10-22-19(27-23-10)17-16(20)14-9-13(26-2)7-8-15(14)24(17)12-5-3-11(4-6-12)18(21)25/h3-9H,1-2H3,(H2,21,25). The molecule has 2 N–H and O–H groups in total. The van der Waals surface area contributed by atoms with Gasteiger partial charge in [0.15, 0.2) is 5.82 Å². The third-order valence-corrected chi connectivity index (χ3v) is 4.64. The van der Waals surface area contributed by atoms with Crippen molar-refractivity contribution in [2.45, 2.75) is 6.92 Å². The zero-order chi connectivity index (χ0) is 19.1. The number of halogens is 1. The zero-order valence-electron chi connectivity index (χ0n) is 14.6. The number of fused-ring (bicyclic) bond motifs is 1. The molecule has 2 aromatic heterocycles. The van der Waals surface area contributed by atoms with Crippen LogP contribution in [0, 0.1) is 6.92 Å². The van der Waals surface area contributed by atoms with Crippen molar-refractivity contribution in [1.82, 2.24) is 14.7 Å². The molecule has 7 nitrogen and oxygen atoms in total. The molecule has 1 amide bonds. The second kappa shape index (κ2) is 6.44. The first-order valence-electron chi connectivity index (χ1n) is 8.08. The summed E-state index contributed by atoms with van der Waals surface area (Å²) in [6.07, 6.45) is 0. The summed E-state index contributed by atoms with van der Waals surface area (Å²) in [5, 5.41) is 5.11. The molecule has 0 aliphatic rings. The predicted molar refractivity (Wildman–Crippen MR) is 101 cm³/mol. The highest BCUT2D eigenvalue weighted by Gasteiger charge is 2.23. The molecule has 8 heteroatoms. The fourth-order valence-corrected chi connectivity index (χ4v) is 3.30. The fourth-order valence-electron chi connectivity index (χ4n) is 2.98. The fraction of sp³-hybridized carbons (Fsp3) is 0.105. The molecular weight excluding hydrogens is 368 g/mol. The number of amides is 1. The average molecular weight is 383 g/mol. The van der Waals surface area contributed by atoms with Gasteiger partial charge in [0.25, 0.3) is 5.89 Å². The number of aromatic nitrogens is 3. The summed E-state index contributed by atoms with van der Waals surface area (Å²) in [7, 11) is 1.59. The number of nitrogens with zero attached hydrogens (tertiary/aromatic N) is 3. The van der Waals surface area contributed by atoms with Crippen LogP contribution in [0.4, 0.5) is 0 Å². The van der Waals surface area contributed by atoms with Gasteiger partial charge in [0.2, 0.25) is 5.91 Å². The number of ether oxygens (including phenoxy) is 1. The molecule has 4 aromatic rings. The van der Waals surface area contributed by atoms with Crippen molar-refractivity contribution in [3.05, 3.63) is 58.9 Å². The molecule has 0 unspecified atom stereocenters. The van der Waals surface area contributed by atoms with Crippen LogP contribution in [0.25, 0.3) is 28.2 Å². The van der Waals surface area contributed by atoms with E-state index in [1.165, 1.54) is 0 Å². The van der Waals surface area contributed by atoms with Gasteiger partial charge in [-0.1, -0.05) is 16.8 Å². The van der Waals surface area contributed by atoms with Gasteiger partial charge in [-0.3, -0.25) is 4.79 Å². The number of methoxy groups -OCH3 is 1. The molecule has 0 saturated heterocycles. The van der Waals surface area contributed by atoms with Gasteiger partial charge >= 0.3 is 0 Å². The quantitative estimate of drug-likeness (QED) is 0.579. The molecule has 0 radical (unpaired) electrons. The lowest BCUT2D eigenvalue weighted by atomic mass is 10.2. The van der Waals surface area contributed by atoms with Crippen LogP contribution in [-0.4, -0.2) is 27.7 Å². The molecule has 27 heavy (non-hydrogen) atoms. The molecule has 4 rings (SSSR count). The monoisotopic (exact) mass is 382 g/mol. The van der Waals surface area contributed by atoms with Crippen molar-refractivity contribution in [3.8, 4) is 23.0 Å². The normalized spacial score (nSPS) is 11.1. The highest BCUT2D eigenvalue weighted by Crippen LogP contribution is 2.40. The van der Waals surface area contributed by atoms with E-state index in [1.807, 2.05) is 22.8 Å². The third-order valence-electron chi connectivity index (χ3n) is 4.25. The van der Waals surface area contributed by atoms with Gasteiger partial charge in [0.1, 0.15) is 11.4 Å². The van der Waals surface area contributed by atoms with Gasteiger partial charge < -0.3 is 19.6 Å². The van der Waals surface area contributed by atoms with E-state index in [4.69, 9.17) is 26.6 Å². The number of hydrogen-bond acceptors (Lipinski definition) is 5. The number of carbonyl (C=O) groups is 1. The Morgan fingerprint density at radius 3 is 2.56 bits per heavy atom. The van der Waals surface area contributed by atoms with Crippen LogP contribution in [-0.2, 0) is 0 Å². The maximum Gasteiger partial charge on any atom is 0.276 e. The lowest BCUT2D eigenvalue weighted by Gasteiger charge is -2.09. The second-order valence-corrected chi connectivity index (χ2v) is 6.32. The number of aryl methyl sites for hydroxylation is 1. The van der Waals surface area contributed by atoms with Crippen molar-refractivity contribution in [2.75, 3.05) is 7.11 Å². The number of hydrogen-bond donors (Lipinski definition) is 1. The molecular formula is C19H15ClN4O3. The molecule has 0 atom stereocenters. The molecule has 0 fully saturated rings. The molecule has 0 spiro atoms. The van der Waals surface area contributed by atoms with Gasteiger partial charge in [0.05, 0.1) is 17.6 Å². The van der Waals surface area contributed by atoms with E-state index in [0.717, 1.165) is 16.6 Å². The van der Waals surface area contributed by atoms with E-state index in [-0.39, 0.29) is 0 Å². The van der Waals surface area contributed by atoms with Gasteiger partial charge in [0, 0.05) is 16.6 Å². The van der Waals surface area contributed by atoms with E-state index in [2.05, 4.69) is 10.1 Å². The largest absolute Gasteiger partial charge is 0.497 e. The summed E-state index contributed by atoms with van der Waals surface area (Å²) in [5.41, 5.74) is 7.92. The SMILES string of the molecule is COc1ccc2c(c1)c(Cl)c(-c1nc(C)no1)n2-c1ccc(C(N)=O)cc1. The van der Waals surface area contributed by atoms with Crippen LogP contribution < -0.4 is 10.5 Å². The Labute approximate surface area is 159 Å². The Morgan fingerprint density at radius 1 is 1.22 bits per heavy atom. The van der Waals surface area contributed by atoms with Crippen molar-refractivity contribution in [1.29, 1.82) is 0 Å². The zero-order valence-corrected chi connectivity index (χ0v) is 15.3. The number of primary amides is 1. The van der Waals surface area contributed by atoms with Crippen LogP contribution in [0.3, 0.4) is 0 Å². The highest BCUT2D eigenvalue weighted by molar-refractivity contribution is 6.38. The first-order valence-corrected chi connectivity index (χ1v) is 8.46. The summed E-state index contributed by atoms with van der Waals surface area (Å²) in [6.45, 7) is 1.73. The second-order valence-electron chi connectivity index (χ2n) is 5.94. The van der Waals surface area contributed by atoms with E-state index >= 15 is 0 Å². The van der Waals surface area contributed by atoms with Crippen molar-refractivity contribution in [2.24, 2.45) is 5.73 Å². The van der Waals surface area contributed by atoms with Gasteiger partial charge in [-0.05, 0) is 49.4 Å². The number of carbonyl (C=O) groups excluding carboxylic acids is 1. The van der Waals surface area contributed by atoms with Crippen LogP contribution in [0.1, 0.15) is 16.2 Å². The maximum atomic E-state index is 11.4. The summed E-state index contributed by atoms with van der Waals surface area (Å²) in [4.78, 5) is 15.7. The van der Waals surface area contributed by atoms with E-state index in [1.54, 1.807) is 38.3 Å². The summed E-state index contributed by atoms with van der Waals surface area (Å²) >= 11 is 6.69. The topological polar surface area (TPSA) is 96.2 Å². The molecule has 2 aromatic carbocycles. The summed E-state index contributed by atoms with van der Waals surface area (Å²) in [5.74, 6) is 0.986. The molecule has 0 aliphatic heterocycles. The van der Waals surface area contributed by atoms with Gasteiger partial charge in [-0.15, -0.1) is 0 Å². The minimum absolute atomic E-state index is 0.298. The van der Waals surface area contributed by atoms with Gasteiger partial charge in [-0.2, -0.15) is 4.98 Å². The maximum absolute atomic E-state index is 11.4. The molecule has 0 saturated carbocycles. The minimum Gasteiger partial charge on any atom is -0.497 e. The van der Waals surface area contributed by atoms with E-state index < -0.39 is 5.91 Å². The summed E-state index contributed by atoms with van der Waals surface area (Å²) < 4.78 is 12.6. The highest BCUT2D eigenvalue weighted by atomic mass is 35.5. The minimum atomic E-state index is -0.491. The van der Waals surface area contributed by atoms with Crippen LogP contribution in [0.15, 0.2) is 47.0 Å². The van der Waals surface area contributed by atoms with Crippen molar-refractivity contribution < 1.29 is 14.1 Å². The van der Waals surface area contributed by atoms with E-state index in [0.29, 0.717) is 33.7 Å². The first kappa shape index (κ1) is 17.1. The Kier molecular flexibility index (Phi) is 4.08. The molecule has 0 aliphatic carbocycles. The summed E-state index contributed by atoms with van der Waals surface area (Å²) in [6, 6.07) is 12.5. The van der Waals surface area contributed by atoms with Crippen molar-refractivity contribution in [3.63, 3.8) is 0 Å². The number of rotatable bonds is 4. The first-order chi connectivity index (χ1) is 13.0. The Morgan fingerprint density at radius 2 is 1.96 bits per heavy atom. The lowest BCUT2D eigenvalue weighted by Crippen LogP contribution is -2.10. The number of nitrogens with two attached hydrogens (primary N) is 1. The molecule has 2 heterocycles. The third kappa shape index (κ3) is 2.82. The van der Waals surface area contributed by atoms with Gasteiger partial charge in [-0.25, -0.2) is 0 Å². The van der Waals surface area contributed by atoms with Crippen LogP contribution in [0.2, 0.25) is 5.02 Å². The van der Waals surface area contributed by atoms with Crippen LogP contribution in [0.5, 0.6) is 5.75 Å². The smallest absolute Gasteiger partial charge is 0.276 e. The molecule has 0 bridgehead atoms. The molecule has 136 valence electrons. The Balaban J connectivity index is 2.03.